The molecule has 0 heterocycles. The molecule has 0 aromatic carbocycles. The van der Waals surface area contributed by atoms with Gasteiger partial charge in [0.15, 0.2) is 5.96 Å². The number of guanidine groups is 1. The van der Waals surface area contributed by atoms with Gasteiger partial charge in [0.05, 0.1) is 12.6 Å². The molecule has 0 saturated heterocycles. The Balaban J connectivity index is 0. The van der Waals surface area contributed by atoms with Crippen LogP contribution in [0.25, 0.3) is 0 Å². The molecule has 6 nitrogen and oxygen atoms in total. The lowest BCUT2D eigenvalue weighted by molar-refractivity contribution is 0.0503. The number of aliphatic imine (C=N–C) groups is 1. The van der Waals surface area contributed by atoms with Crippen molar-refractivity contribution in [3.8, 4) is 0 Å². The zero-order valence-corrected chi connectivity index (χ0v) is 20.5. The summed E-state index contributed by atoms with van der Waals surface area (Å²) in [4.78, 5) is 16.6. The van der Waals surface area contributed by atoms with Gasteiger partial charge in [-0.1, -0.05) is 13.3 Å². The number of nitrogens with zero attached hydrogens (tertiary/aromatic N) is 1. The topological polar surface area (TPSA) is 74.8 Å². The molecule has 0 bridgehead atoms. The van der Waals surface area contributed by atoms with Gasteiger partial charge in [-0.25, -0.2) is 4.79 Å². The van der Waals surface area contributed by atoms with Crippen LogP contribution in [0.4, 0.5) is 4.79 Å². The van der Waals surface area contributed by atoms with E-state index in [1.54, 1.807) is 0 Å². The Bertz CT molecular complexity index is 390. The van der Waals surface area contributed by atoms with Crippen LogP contribution in [0.2, 0.25) is 0 Å². The molecule has 1 atom stereocenters. The molecular formula is C18H39IN4O2S. The first-order valence-electron chi connectivity index (χ1n) is 9.33. The number of thioether (sulfide) groups is 1. The first-order chi connectivity index (χ1) is 11.8. The lowest BCUT2D eigenvalue weighted by Crippen LogP contribution is -2.42. The second-order valence-electron chi connectivity index (χ2n) is 6.98. The van der Waals surface area contributed by atoms with Crippen molar-refractivity contribution in [2.45, 2.75) is 71.9 Å². The van der Waals surface area contributed by atoms with E-state index in [0.29, 0.717) is 6.54 Å². The molecule has 3 N–H and O–H groups in total. The Kier molecular flexibility index (Phi) is 18.0. The molecule has 0 saturated carbocycles. The van der Waals surface area contributed by atoms with Crippen molar-refractivity contribution in [3.63, 3.8) is 0 Å². The SMILES string of the molecule is CCCC(CN=C(NCC)NCCCCSC)NC(=O)OC(C)(C)C.I. The van der Waals surface area contributed by atoms with Crippen molar-refractivity contribution < 1.29 is 9.53 Å². The summed E-state index contributed by atoms with van der Waals surface area (Å²) in [5, 5.41) is 9.54. The van der Waals surface area contributed by atoms with Crippen LogP contribution in [0, 0.1) is 0 Å². The van der Waals surface area contributed by atoms with Gasteiger partial charge in [0.1, 0.15) is 5.60 Å². The number of hydrogen-bond donors (Lipinski definition) is 3. The van der Waals surface area contributed by atoms with E-state index in [-0.39, 0.29) is 36.1 Å². The molecule has 26 heavy (non-hydrogen) atoms. The minimum Gasteiger partial charge on any atom is -0.444 e. The number of unbranched alkanes of at least 4 members (excludes halogenated alkanes) is 1. The van der Waals surface area contributed by atoms with E-state index in [1.165, 1.54) is 12.2 Å². The van der Waals surface area contributed by atoms with Gasteiger partial charge in [0.25, 0.3) is 0 Å². The van der Waals surface area contributed by atoms with Gasteiger partial charge in [-0.2, -0.15) is 11.8 Å². The molecule has 1 amide bonds. The Morgan fingerprint density at radius 2 is 1.88 bits per heavy atom. The lowest BCUT2D eigenvalue weighted by atomic mass is 10.1. The minimum atomic E-state index is -0.489. The molecule has 0 radical (unpaired) electrons. The van der Waals surface area contributed by atoms with Crippen LogP contribution in [0.5, 0.6) is 0 Å². The smallest absolute Gasteiger partial charge is 0.407 e. The third-order valence-corrected chi connectivity index (χ3v) is 3.94. The lowest BCUT2D eigenvalue weighted by Gasteiger charge is -2.23. The molecule has 0 aromatic heterocycles. The van der Waals surface area contributed by atoms with Gasteiger partial charge in [0, 0.05) is 13.1 Å². The number of amides is 1. The van der Waals surface area contributed by atoms with Gasteiger partial charge in [-0.05, 0) is 59.0 Å². The third-order valence-electron chi connectivity index (χ3n) is 3.24. The number of hydrogen-bond acceptors (Lipinski definition) is 4. The van der Waals surface area contributed by atoms with Gasteiger partial charge >= 0.3 is 6.09 Å². The second-order valence-corrected chi connectivity index (χ2v) is 7.96. The summed E-state index contributed by atoms with van der Waals surface area (Å²) in [6.07, 6.45) is 5.93. The highest BCUT2D eigenvalue weighted by molar-refractivity contribution is 14.0. The molecular weight excluding hydrogens is 463 g/mol. The van der Waals surface area contributed by atoms with E-state index in [0.717, 1.165) is 38.3 Å². The van der Waals surface area contributed by atoms with Crippen molar-refractivity contribution in [2.75, 3.05) is 31.6 Å². The summed E-state index contributed by atoms with van der Waals surface area (Å²) in [6.45, 7) is 12.0. The predicted octanol–water partition coefficient (Wildman–Crippen LogP) is 4.00. The largest absolute Gasteiger partial charge is 0.444 e. The molecule has 156 valence electrons. The maximum atomic E-state index is 12.0. The van der Waals surface area contributed by atoms with Crippen molar-refractivity contribution in [1.29, 1.82) is 0 Å². The van der Waals surface area contributed by atoms with Crippen LogP contribution in [0.15, 0.2) is 4.99 Å². The third kappa shape index (κ3) is 17.1. The fourth-order valence-electron chi connectivity index (χ4n) is 2.15. The summed E-state index contributed by atoms with van der Waals surface area (Å²) >= 11 is 1.87. The quantitative estimate of drug-likeness (QED) is 0.172. The molecule has 0 aliphatic carbocycles. The Hall–Kier alpha value is -0.380. The standard InChI is InChI=1S/C18H38N4O2S.HI/c1-7-11-15(22-17(23)24-18(3,4)5)14-21-16(19-8-2)20-12-9-10-13-25-6;/h15H,7-14H2,1-6H3,(H,22,23)(H2,19,20,21);1H. The number of carbonyl (C=O) groups is 1. The molecule has 0 aliphatic heterocycles. The zero-order valence-electron chi connectivity index (χ0n) is 17.3. The number of alkyl carbamates (subject to hydrolysis) is 1. The maximum absolute atomic E-state index is 12.0. The van der Waals surface area contributed by atoms with Crippen LogP contribution in [0.1, 0.15) is 60.3 Å². The summed E-state index contributed by atoms with van der Waals surface area (Å²) in [7, 11) is 0. The first-order valence-corrected chi connectivity index (χ1v) is 10.7. The summed E-state index contributed by atoms with van der Waals surface area (Å²) in [5.74, 6) is 1.99. The molecule has 0 aliphatic rings. The summed E-state index contributed by atoms with van der Waals surface area (Å²) in [5.41, 5.74) is -0.489. The fraction of sp³-hybridized carbons (Fsp3) is 0.889. The van der Waals surface area contributed by atoms with Crippen molar-refractivity contribution >= 4 is 47.8 Å². The Morgan fingerprint density at radius 1 is 1.19 bits per heavy atom. The van der Waals surface area contributed by atoms with E-state index >= 15 is 0 Å². The van der Waals surface area contributed by atoms with Crippen LogP contribution < -0.4 is 16.0 Å². The molecule has 1 unspecified atom stereocenters. The Labute approximate surface area is 181 Å². The van der Waals surface area contributed by atoms with Crippen molar-refractivity contribution in [1.82, 2.24) is 16.0 Å². The highest BCUT2D eigenvalue weighted by atomic mass is 127. The minimum absolute atomic E-state index is 0. The average Bonchev–Trinajstić information content (AvgIpc) is 2.50. The predicted molar refractivity (Wildman–Crippen MR) is 125 cm³/mol. The van der Waals surface area contributed by atoms with Crippen LogP contribution in [-0.4, -0.2) is 55.3 Å². The van der Waals surface area contributed by atoms with Gasteiger partial charge < -0.3 is 20.7 Å². The van der Waals surface area contributed by atoms with E-state index in [2.05, 4.69) is 34.1 Å². The zero-order chi connectivity index (χ0) is 19.1. The molecule has 0 rings (SSSR count). The monoisotopic (exact) mass is 502 g/mol. The van der Waals surface area contributed by atoms with Gasteiger partial charge in [0.2, 0.25) is 0 Å². The molecule has 0 spiro atoms. The average molecular weight is 503 g/mol. The number of ether oxygens (including phenoxy) is 1. The van der Waals surface area contributed by atoms with Crippen molar-refractivity contribution in [2.24, 2.45) is 4.99 Å². The Morgan fingerprint density at radius 3 is 2.42 bits per heavy atom. The molecule has 8 heteroatoms. The number of halogens is 1. The number of nitrogens with one attached hydrogen (secondary N) is 3. The van der Waals surface area contributed by atoms with Gasteiger partial charge in [-0.15, -0.1) is 24.0 Å². The van der Waals surface area contributed by atoms with Crippen molar-refractivity contribution in [3.05, 3.63) is 0 Å². The van der Waals surface area contributed by atoms with Crippen LogP contribution in [0.3, 0.4) is 0 Å². The second kappa shape index (κ2) is 16.8. The number of rotatable bonds is 11. The maximum Gasteiger partial charge on any atom is 0.407 e. The molecule has 0 aromatic rings. The molecule has 0 fully saturated rings. The van der Waals surface area contributed by atoms with E-state index in [4.69, 9.17) is 4.74 Å². The highest BCUT2D eigenvalue weighted by Gasteiger charge is 2.19. The summed E-state index contributed by atoms with van der Waals surface area (Å²) in [6, 6.07) is -0.0215. The van der Waals surface area contributed by atoms with E-state index < -0.39 is 5.60 Å². The van der Waals surface area contributed by atoms with E-state index in [9.17, 15) is 4.79 Å². The normalized spacial score (nSPS) is 12.8. The van der Waals surface area contributed by atoms with Gasteiger partial charge in [-0.3, -0.25) is 4.99 Å². The van der Waals surface area contributed by atoms with Crippen LogP contribution in [-0.2, 0) is 4.74 Å². The number of carbonyl (C=O) groups excluding carboxylic acids is 1. The van der Waals surface area contributed by atoms with E-state index in [1.807, 2.05) is 39.5 Å². The van der Waals surface area contributed by atoms with Crippen LogP contribution >= 0.6 is 35.7 Å². The first kappa shape index (κ1) is 27.8. The summed E-state index contributed by atoms with van der Waals surface area (Å²) < 4.78 is 5.34. The highest BCUT2D eigenvalue weighted by Crippen LogP contribution is 2.08. The fourth-order valence-corrected chi connectivity index (χ4v) is 2.65.